The standard InChI is InChI=1S/C26H33N5O3/c1-16(2)31-14-18(24(33)29-26(3,4)5)22(32)19(15-31)25(34)30-12-8-9-17(13-30)23-27-20-10-6-7-11-21(20)28-23/h6-7,10-11,14-17H,8-9,12-13H2,1-5H3,(H,27,28)(H,29,33)/t17-/m1/s1. The van der Waals surface area contributed by atoms with Crippen LogP contribution in [0.5, 0.6) is 0 Å². The SMILES string of the molecule is CC(C)n1cc(C(=O)NC(C)(C)C)c(=O)c(C(=O)N2CCC[C@@H](c3nc4ccccc4[nH]3)C2)c1. The van der Waals surface area contributed by atoms with E-state index in [1.807, 2.05) is 58.9 Å². The molecule has 1 saturated heterocycles. The Morgan fingerprint density at radius 3 is 2.53 bits per heavy atom. The molecule has 1 atom stereocenters. The van der Waals surface area contributed by atoms with Gasteiger partial charge in [0.15, 0.2) is 0 Å². The molecule has 0 spiro atoms. The molecule has 0 radical (unpaired) electrons. The topological polar surface area (TPSA) is 100 Å². The lowest BCUT2D eigenvalue weighted by molar-refractivity contribution is 0.0702. The highest BCUT2D eigenvalue weighted by Crippen LogP contribution is 2.27. The number of aromatic nitrogens is 3. The maximum Gasteiger partial charge on any atom is 0.259 e. The van der Waals surface area contributed by atoms with Gasteiger partial charge in [0.05, 0.1) is 11.0 Å². The number of pyridine rings is 1. The summed E-state index contributed by atoms with van der Waals surface area (Å²) in [4.78, 5) is 49.5. The molecule has 8 nitrogen and oxygen atoms in total. The average molecular weight is 464 g/mol. The normalized spacial score (nSPS) is 16.8. The van der Waals surface area contributed by atoms with Crippen molar-refractivity contribution < 1.29 is 9.59 Å². The van der Waals surface area contributed by atoms with Crippen molar-refractivity contribution >= 4 is 22.8 Å². The Hall–Kier alpha value is -3.42. The second-order valence-corrected chi connectivity index (χ2v) is 10.4. The van der Waals surface area contributed by atoms with Crippen LogP contribution in [0.2, 0.25) is 0 Å². The fraction of sp³-hybridized carbons (Fsp3) is 0.462. The van der Waals surface area contributed by atoms with Crippen molar-refractivity contribution in [2.45, 2.75) is 65.0 Å². The number of amides is 2. The third kappa shape index (κ3) is 4.90. The van der Waals surface area contributed by atoms with E-state index >= 15 is 0 Å². The lowest BCUT2D eigenvalue weighted by Crippen LogP contribution is -2.45. The number of aromatic amines is 1. The van der Waals surface area contributed by atoms with Crippen molar-refractivity contribution in [3.05, 3.63) is 63.8 Å². The minimum Gasteiger partial charge on any atom is -0.350 e. The first-order valence-corrected chi connectivity index (χ1v) is 11.9. The summed E-state index contributed by atoms with van der Waals surface area (Å²) in [5.74, 6) is 0.104. The van der Waals surface area contributed by atoms with Gasteiger partial charge in [0.25, 0.3) is 11.8 Å². The molecule has 4 rings (SSSR count). The average Bonchev–Trinajstić information content (AvgIpc) is 3.22. The van der Waals surface area contributed by atoms with E-state index in [-0.39, 0.29) is 29.0 Å². The number of likely N-dealkylation sites (tertiary alicyclic amines) is 1. The molecule has 2 amide bonds. The molecule has 8 heteroatoms. The van der Waals surface area contributed by atoms with E-state index < -0.39 is 16.9 Å². The third-order valence-corrected chi connectivity index (χ3v) is 6.11. The van der Waals surface area contributed by atoms with E-state index in [0.29, 0.717) is 13.1 Å². The van der Waals surface area contributed by atoms with Crippen LogP contribution < -0.4 is 10.7 Å². The van der Waals surface area contributed by atoms with Gasteiger partial charge in [-0.15, -0.1) is 0 Å². The number of piperidine rings is 1. The van der Waals surface area contributed by atoms with E-state index in [4.69, 9.17) is 4.98 Å². The molecule has 1 fully saturated rings. The van der Waals surface area contributed by atoms with Crippen LogP contribution in [0, 0.1) is 0 Å². The van der Waals surface area contributed by atoms with Gasteiger partial charge in [0, 0.05) is 43.0 Å². The zero-order valence-corrected chi connectivity index (χ0v) is 20.5. The molecule has 0 saturated carbocycles. The summed E-state index contributed by atoms with van der Waals surface area (Å²) < 4.78 is 1.76. The van der Waals surface area contributed by atoms with Crippen LogP contribution >= 0.6 is 0 Å². The van der Waals surface area contributed by atoms with Gasteiger partial charge in [0.2, 0.25) is 5.43 Å². The van der Waals surface area contributed by atoms with E-state index in [2.05, 4.69) is 10.3 Å². The molecule has 0 aliphatic carbocycles. The molecule has 0 unspecified atom stereocenters. The molecule has 0 bridgehead atoms. The molecular formula is C26H33N5O3. The van der Waals surface area contributed by atoms with E-state index in [1.54, 1.807) is 15.7 Å². The fourth-order valence-corrected chi connectivity index (χ4v) is 4.34. The molecule has 180 valence electrons. The number of hydrogen-bond donors (Lipinski definition) is 2. The van der Waals surface area contributed by atoms with Gasteiger partial charge in [-0.25, -0.2) is 4.98 Å². The first-order valence-electron chi connectivity index (χ1n) is 11.9. The fourth-order valence-electron chi connectivity index (χ4n) is 4.34. The minimum atomic E-state index is -0.533. The summed E-state index contributed by atoms with van der Waals surface area (Å²) in [6.07, 6.45) is 4.84. The highest BCUT2D eigenvalue weighted by molar-refractivity contribution is 5.99. The second kappa shape index (κ2) is 9.08. The number of fused-ring (bicyclic) bond motifs is 1. The number of nitrogens with one attached hydrogen (secondary N) is 2. The van der Waals surface area contributed by atoms with Crippen LogP contribution in [0.15, 0.2) is 41.5 Å². The molecular weight excluding hydrogens is 430 g/mol. The van der Waals surface area contributed by atoms with Crippen molar-refractivity contribution in [2.75, 3.05) is 13.1 Å². The van der Waals surface area contributed by atoms with Gasteiger partial charge >= 0.3 is 0 Å². The van der Waals surface area contributed by atoms with Crippen LogP contribution in [-0.2, 0) is 0 Å². The van der Waals surface area contributed by atoms with Crippen molar-refractivity contribution in [1.29, 1.82) is 0 Å². The predicted octanol–water partition coefficient (Wildman–Crippen LogP) is 3.85. The number of carbonyl (C=O) groups is 2. The monoisotopic (exact) mass is 463 g/mol. The van der Waals surface area contributed by atoms with Crippen LogP contribution in [0.25, 0.3) is 11.0 Å². The lowest BCUT2D eigenvalue weighted by atomic mass is 9.96. The molecule has 1 aliphatic heterocycles. The van der Waals surface area contributed by atoms with E-state index in [9.17, 15) is 14.4 Å². The smallest absolute Gasteiger partial charge is 0.259 e. The third-order valence-electron chi connectivity index (χ3n) is 6.11. The van der Waals surface area contributed by atoms with Gasteiger partial charge in [-0.2, -0.15) is 0 Å². The van der Waals surface area contributed by atoms with Gasteiger partial charge in [-0.05, 0) is 59.6 Å². The molecule has 34 heavy (non-hydrogen) atoms. The Bertz CT molecular complexity index is 1250. The van der Waals surface area contributed by atoms with Crippen molar-refractivity contribution in [3.63, 3.8) is 0 Å². The highest BCUT2D eigenvalue weighted by atomic mass is 16.2. The zero-order chi connectivity index (χ0) is 24.6. The summed E-state index contributed by atoms with van der Waals surface area (Å²) in [6, 6.07) is 7.84. The van der Waals surface area contributed by atoms with Crippen LogP contribution in [0.4, 0.5) is 0 Å². The number of rotatable bonds is 4. The number of benzene rings is 1. The Morgan fingerprint density at radius 2 is 1.85 bits per heavy atom. The van der Waals surface area contributed by atoms with Crippen LogP contribution in [0.1, 0.15) is 86.0 Å². The molecule has 2 aromatic heterocycles. The second-order valence-electron chi connectivity index (χ2n) is 10.4. The van der Waals surface area contributed by atoms with Crippen molar-refractivity contribution in [3.8, 4) is 0 Å². The Balaban J connectivity index is 1.64. The number of imidazole rings is 1. The Kier molecular flexibility index (Phi) is 6.34. The molecule has 2 N–H and O–H groups in total. The van der Waals surface area contributed by atoms with Crippen LogP contribution in [-0.4, -0.2) is 49.9 Å². The summed E-state index contributed by atoms with van der Waals surface area (Å²) in [5.41, 5.74) is 0.853. The predicted molar refractivity (Wildman–Crippen MR) is 132 cm³/mol. The van der Waals surface area contributed by atoms with Gasteiger partial charge in [0.1, 0.15) is 17.0 Å². The minimum absolute atomic E-state index is 0.0136. The summed E-state index contributed by atoms with van der Waals surface area (Å²) >= 11 is 0. The van der Waals surface area contributed by atoms with E-state index in [1.165, 1.54) is 6.20 Å². The number of para-hydroxylation sites is 2. The van der Waals surface area contributed by atoms with Crippen molar-refractivity contribution in [2.24, 2.45) is 0 Å². The van der Waals surface area contributed by atoms with Crippen LogP contribution in [0.3, 0.4) is 0 Å². The van der Waals surface area contributed by atoms with Gasteiger partial charge < -0.3 is 19.8 Å². The van der Waals surface area contributed by atoms with Gasteiger partial charge in [-0.3, -0.25) is 14.4 Å². The molecule has 1 aliphatic rings. The summed E-state index contributed by atoms with van der Waals surface area (Å²) in [5, 5.41) is 2.84. The number of nitrogens with zero attached hydrogens (tertiary/aromatic N) is 3. The molecule has 3 heterocycles. The Morgan fingerprint density at radius 1 is 1.15 bits per heavy atom. The first kappa shape index (κ1) is 23.7. The largest absolute Gasteiger partial charge is 0.350 e. The number of hydrogen-bond acceptors (Lipinski definition) is 4. The summed E-state index contributed by atoms with van der Waals surface area (Å²) in [7, 11) is 0. The van der Waals surface area contributed by atoms with Gasteiger partial charge in [-0.1, -0.05) is 12.1 Å². The quantitative estimate of drug-likeness (QED) is 0.614. The highest BCUT2D eigenvalue weighted by Gasteiger charge is 2.30. The first-order chi connectivity index (χ1) is 16.0. The number of carbonyl (C=O) groups excluding carboxylic acids is 2. The van der Waals surface area contributed by atoms with Crippen molar-refractivity contribution in [1.82, 2.24) is 24.8 Å². The van der Waals surface area contributed by atoms with E-state index in [0.717, 1.165) is 29.7 Å². The molecule has 1 aromatic carbocycles. The Labute approximate surface area is 199 Å². The lowest BCUT2D eigenvalue weighted by Gasteiger charge is -2.32. The maximum atomic E-state index is 13.6. The summed E-state index contributed by atoms with van der Waals surface area (Å²) in [6.45, 7) is 10.5. The molecule has 3 aromatic rings. The zero-order valence-electron chi connectivity index (χ0n) is 20.5. The maximum absolute atomic E-state index is 13.6. The number of H-pyrrole nitrogens is 1.